The molecule has 35 heavy (non-hydrogen) atoms. The van der Waals surface area contributed by atoms with Crippen LogP contribution in [0.4, 0.5) is 14.5 Å². The number of sulfonamides is 1. The predicted octanol–water partition coefficient (Wildman–Crippen LogP) is 4.96. The van der Waals surface area contributed by atoms with Gasteiger partial charge in [0.05, 0.1) is 12.3 Å². The van der Waals surface area contributed by atoms with Gasteiger partial charge in [0.15, 0.2) is 17.3 Å². The van der Waals surface area contributed by atoms with E-state index in [0.29, 0.717) is 5.75 Å². The fourth-order valence-corrected chi connectivity index (χ4v) is 4.41. The van der Waals surface area contributed by atoms with Crippen molar-refractivity contribution >= 4 is 27.2 Å². The first-order valence-corrected chi connectivity index (χ1v) is 12.6. The van der Waals surface area contributed by atoms with Crippen molar-refractivity contribution in [3.63, 3.8) is 0 Å². The van der Waals surface area contributed by atoms with E-state index in [-0.39, 0.29) is 17.3 Å². The molecule has 1 aliphatic rings. The number of oxazole rings is 1. The Kier molecular flexibility index (Phi) is 6.62. The number of carbonyl (C=O) groups excluding carboxylic acids is 1. The van der Waals surface area contributed by atoms with Crippen LogP contribution in [0.1, 0.15) is 53.0 Å². The molecule has 1 heterocycles. The zero-order valence-electron chi connectivity index (χ0n) is 19.0. The molecule has 1 atom stereocenters. The van der Waals surface area contributed by atoms with Gasteiger partial charge in [-0.3, -0.25) is 9.52 Å². The van der Waals surface area contributed by atoms with Crippen molar-refractivity contribution in [3.05, 3.63) is 77.2 Å². The van der Waals surface area contributed by atoms with Gasteiger partial charge < -0.3 is 14.5 Å². The van der Waals surface area contributed by atoms with Crippen molar-refractivity contribution < 1.29 is 31.1 Å². The summed E-state index contributed by atoms with van der Waals surface area (Å²) in [7, 11) is -3.87. The minimum absolute atomic E-state index is 0.0858. The van der Waals surface area contributed by atoms with Crippen molar-refractivity contribution in [2.75, 3.05) is 11.0 Å². The first kappa shape index (κ1) is 24.4. The van der Waals surface area contributed by atoms with Crippen LogP contribution in [-0.2, 0) is 16.4 Å². The van der Waals surface area contributed by atoms with E-state index in [4.69, 9.17) is 9.15 Å². The van der Waals surface area contributed by atoms with Gasteiger partial charge in [0.2, 0.25) is 10.0 Å². The Morgan fingerprint density at radius 2 is 1.94 bits per heavy atom. The van der Waals surface area contributed by atoms with Crippen LogP contribution in [0.5, 0.6) is 11.8 Å². The lowest BCUT2D eigenvalue weighted by Gasteiger charge is -2.20. The summed E-state index contributed by atoms with van der Waals surface area (Å²) < 4.78 is 64.0. The van der Waals surface area contributed by atoms with E-state index in [9.17, 15) is 22.0 Å². The Bertz CT molecular complexity index is 1400. The Balaban J connectivity index is 1.46. The van der Waals surface area contributed by atoms with Gasteiger partial charge in [-0.05, 0) is 61.1 Å². The number of carbonyl (C=O) groups is 1. The molecule has 2 aromatic carbocycles. The first-order chi connectivity index (χ1) is 16.5. The molecule has 184 valence electrons. The van der Waals surface area contributed by atoms with Crippen molar-refractivity contribution in [1.29, 1.82) is 0 Å². The number of aromatic nitrogens is 1. The second-order valence-electron chi connectivity index (χ2n) is 8.27. The number of hydrogen-bond donors (Lipinski definition) is 2. The summed E-state index contributed by atoms with van der Waals surface area (Å²) in [5.41, 5.74) is 2.27. The third-order valence-electron chi connectivity index (χ3n) is 5.53. The van der Waals surface area contributed by atoms with Crippen LogP contribution >= 0.6 is 0 Å². The van der Waals surface area contributed by atoms with Crippen molar-refractivity contribution in [2.45, 2.75) is 32.2 Å². The summed E-state index contributed by atoms with van der Waals surface area (Å²) >= 11 is 0. The molecule has 0 aliphatic heterocycles. The number of nitrogens with zero attached hydrogens (tertiary/aromatic N) is 1. The Labute approximate surface area is 201 Å². The van der Waals surface area contributed by atoms with Crippen LogP contribution in [0.3, 0.4) is 0 Å². The minimum atomic E-state index is -3.87. The molecule has 0 spiro atoms. The number of ether oxygens (including phenoxy) is 1. The third kappa shape index (κ3) is 5.51. The Morgan fingerprint density at radius 1 is 1.23 bits per heavy atom. The zero-order chi connectivity index (χ0) is 25.3. The molecule has 0 bridgehead atoms. The Morgan fingerprint density at radius 3 is 2.63 bits per heavy atom. The number of amides is 1. The number of benzene rings is 2. The molecule has 0 saturated heterocycles. The summed E-state index contributed by atoms with van der Waals surface area (Å²) in [6, 6.07) is 6.66. The minimum Gasteiger partial charge on any atom is -0.416 e. The quantitative estimate of drug-likeness (QED) is 0.472. The molecule has 1 aliphatic carbocycles. The van der Waals surface area contributed by atoms with Crippen molar-refractivity contribution in [3.8, 4) is 11.8 Å². The maximum Gasteiger partial charge on any atom is 0.399 e. The molecule has 0 radical (unpaired) electrons. The molecular weight excluding hydrogens is 480 g/mol. The van der Waals surface area contributed by atoms with E-state index >= 15 is 0 Å². The van der Waals surface area contributed by atoms with Crippen LogP contribution in [0.2, 0.25) is 0 Å². The average Bonchev–Trinajstić information content (AvgIpc) is 3.25. The highest BCUT2D eigenvalue weighted by atomic mass is 32.2. The summed E-state index contributed by atoms with van der Waals surface area (Å²) in [4.78, 5) is 16.7. The normalized spacial score (nSPS) is 14.2. The number of hydrogen-bond acceptors (Lipinski definition) is 6. The van der Waals surface area contributed by atoms with Gasteiger partial charge >= 0.3 is 6.08 Å². The number of anilines is 1. The van der Waals surface area contributed by atoms with Gasteiger partial charge in [0, 0.05) is 5.56 Å². The van der Waals surface area contributed by atoms with Gasteiger partial charge in [-0.15, -0.1) is 0 Å². The van der Waals surface area contributed by atoms with Gasteiger partial charge in [-0.1, -0.05) is 18.7 Å². The van der Waals surface area contributed by atoms with E-state index in [1.165, 1.54) is 6.92 Å². The third-order valence-corrected chi connectivity index (χ3v) is 6.11. The molecule has 2 N–H and O–H groups in total. The SMILES string of the molecule is C=C1CCCc2c(Oc3nc(C(=O)NC(C)c4cc(F)c(NS(C)(=O)=O)c(F)c4)co3)cccc21. The number of rotatable bonds is 7. The molecular formula is C24H23F2N3O5S. The van der Waals surface area contributed by atoms with E-state index < -0.39 is 39.3 Å². The molecule has 3 aromatic rings. The highest BCUT2D eigenvalue weighted by Gasteiger charge is 2.22. The van der Waals surface area contributed by atoms with Gasteiger partial charge in [0.25, 0.3) is 5.91 Å². The molecule has 1 aromatic heterocycles. The average molecular weight is 504 g/mol. The van der Waals surface area contributed by atoms with Crippen LogP contribution < -0.4 is 14.8 Å². The second-order valence-corrected chi connectivity index (χ2v) is 10.0. The van der Waals surface area contributed by atoms with Crippen LogP contribution in [0, 0.1) is 11.6 Å². The lowest BCUT2D eigenvalue weighted by Crippen LogP contribution is -2.27. The van der Waals surface area contributed by atoms with Crippen molar-refractivity contribution in [1.82, 2.24) is 10.3 Å². The smallest absolute Gasteiger partial charge is 0.399 e. The summed E-state index contributed by atoms with van der Waals surface area (Å²) in [5.74, 6) is -2.31. The zero-order valence-corrected chi connectivity index (χ0v) is 19.8. The standard InChI is InChI=1S/C24H23F2N3O5S/c1-13-6-4-8-17-16(13)7-5-9-21(17)34-24-28-20(12-33-24)23(30)27-14(2)15-10-18(25)22(19(26)11-15)29-35(3,31)32/h5,7,9-12,14,29H,1,4,6,8H2,2-3H3,(H,27,30). The van der Waals surface area contributed by atoms with Gasteiger partial charge in [-0.25, -0.2) is 17.2 Å². The fraction of sp³-hybridized carbons (Fsp3) is 0.250. The Hall–Kier alpha value is -3.73. The first-order valence-electron chi connectivity index (χ1n) is 10.7. The van der Waals surface area contributed by atoms with Crippen LogP contribution in [-0.4, -0.2) is 25.6 Å². The largest absolute Gasteiger partial charge is 0.416 e. The van der Waals surface area contributed by atoms with Crippen LogP contribution in [0.25, 0.3) is 5.57 Å². The number of nitrogens with one attached hydrogen (secondary N) is 2. The monoisotopic (exact) mass is 503 g/mol. The number of fused-ring (bicyclic) bond motifs is 1. The lowest BCUT2D eigenvalue weighted by molar-refractivity contribution is 0.0934. The summed E-state index contributed by atoms with van der Waals surface area (Å²) in [6.07, 6.45) is 4.47. The highest BCUT2D eigenvalue weighted by Crippen LogP contribution is 2.36. The van der Waals surface area contributed by atoms with E-state index in [2.05, 4.69) is 16.9 Å². The molecule has 8 nitrogen and oxygen atoms in total. The molecule has 4 rings (SSSR count). The molecule has 1 amide bonds. The number of allylic oxidation sites excluding steroid dienone is 1. The molecule has 0 saturated carbocycles. The van der Waals surface area contributed by atoms with E-state index in [1.54, 1.807) is 10.8 Å². The topological polar surface area (TPSA) is 111 Å². The van der Waals surface area contributed by atoms with Crippen molar-refractivity contribution in [2.24, 2.45) is 0 Å². The summed E-state index contributed by atoms with van der Waals surface area (Å²) in [6.45, 7) is 5.60. The maximum absolute atomic E-state index is 14.3. The fourth-order valence-electron chi connectivity index (χ4n) is 3.85. The van der Waals surface area contributed by atoms with Gasteiger partial charge in [0.1, 0.15) is 17.7 Å². The van der Waals surface area contributed by atoms with Gasteiger partial charge in [-0.2, -0.15) is 4.98 Å². The van der Waals surface area contributed by atoms with E-state index in [0.717, 1.165) is 60.6 Å². The van der Waals surface area contributed by atoms with E-state index in [1.807, 2.05) is 12.1 Å². The van der Waals surface area contributed by atoms with Crippen LogP contribution in [0.15, 0.2) is 47.6 Å². The lowest BCUT2D eigenvalue weighted by atomic mass is 9.88. The highest BCUT2D eigenvalue weighted by molar-refractivity contribution is 7.92. The second kappa shape index (κ2) is 9.49. The molecule has 1 unspecified atom stereocenters. The predicted molar refractivity (Wildman–Crippen MR) is 126 cm³/mol. The molecule has 0 fully saturated rings. The number of halogens is 2. The maximum atomic E-state index is 14.3. The summed E-state index contributed by atoms with van der Waals surface area (Å²) in [5, 5.41) is 2.57. The molecule has 11 heteroatoms.